The van der Waals surface area contributed by atoms with Crippen molar-refractivity contribution in [3.05, 3.63) is 29.6 Å². The fraction of sp³-hybridized carbons (Fsp3) is 0.625. The van der Waals surface area contributed by atoms with Gasteiger partial charge in [0.05, 0.1) is 11.7 Å². The Kier molecular flexibility index (Phi) is 4.01. The van der Waals surface area contributed by atoms with E-state index in [0.717, 1.165) is 11.7 Å². The minimum absolute atomic E-state index is 0.0998. The Morgan fingerprint density at radius 3 is 2.80 bits per heavy atom. The van der Waals surface area contributed by atoms with E-state index < -0.39 is 0 Å². The second-order valence-corrected chi connectivity index (χ2v) is 5.86. The quantitative estimate of drug-likeness (QED) is 0.920. The molecule has 0 bridgehead atoms. The van der Waals surface area contributed by atoms with Crippen LogP contribution in [-0.4, -0.2) is 35.4 Å². The second-order valence-electron chi connectivity index (χ2n) is 5.86. The molecule has 1 saturated heterocycles. The van der Waals surface area contributed by atoms with E-state index in [1.165, 1.54) is 45.1 Å². The van der Waals surface area contributed by atoms with Crippen molar-refractivity contribution in [2.24, 2.45) is 0 Å². The van der Waals surface area contributed by atoms with Gasteiger partial charge in [-0.25, -0.2) is 4.98 Å². The molecule has 1 aromatic heterocycles. The fourth-order valence-corrected chi connectivity index (χ4v) is 3.67. The lowest BCUT2D eigenvalue weighted by molar-refractivity contribution is 0.0957. The molecule has 1 atom stereocenters. The van der Waals surface area contributed by atoms with Gasteiger partial charge in [-0.3, -0.25) is 9.69 Å². The molecule has 4 heteroatoms. The van der Waals surface area contributed by atoms with Crippen LogP contribution in [0.4, 0.5) is 0 Å². The number of hydrogen-bond acceptors (Lipinski definition) is 3. The summed E-state index contributed by atoms with van der Waals surface area (Å²) in [7, 11) is 1.65. The number of rotatable bonds is 3. The minimum Gasteiger partial charge on any atom is -0.354 e. The van der Waals surface area contributed by atoms with Crippen LogP contribution in [0.25, 0.3) is 0 Å². The topological polar surface area (TPSA) is 45.2 Å². The predicted octanol–water partition coefficient (Wildman–Crippen LogP) is 2.52. The van der Waals surface area contributed by atoms with Gasteiger partial charge in [0.1, 0.15) is 5.69 Å². The van der Waals surface area contributed by atoms with E-state index >= 15 is 0 Å². The summed E-state index contributed by atoms with van der Waals surface area (Å²) in [6.45, 7) is 1.18. The molecule has 0 aromatic carbocycles. The van der Waals surface area contributed by atoms with Gasteiger partial charge in [-0.1, -0.05) is 18.9 Å². The number of likely N-dealkylation sites (tertiary alicyclic amines) is 1. The molecule has 1 aliphatic carbocycles. The molecule has 2 heterocycles. The predicted molar refractivity (Wildman–Crippen MR) is 78.6 cm³/mol. The van der Waals surface area contributed by atoms with Gasteiger partial charge >= 0.3 is 0 Å². The molecule has 1 saturated carbocycles. The minimum atomic E-state index is -0.0998. The van der Waals surface area contributed by atoms with E-state index in [1.54, 1.807) is 13.1 Å². The van der Waals surface area contributed by atoms with Crippen LogP contribution in [-0.2, 0) is 0 Å². The van der Waals surface area contributed by atoms with Gasteiger partial charge < -0.3 is 5.32 Å². The lowest BCUT2D eigenvalue weighted by atomic mass is 10.1. The maximum absolute atomic E-state index is 11.7. The van der Waals surface area contributed by atoms with Crippen LogP contribution < -0.4 is 5.32 Å². The first-order chi connectivity index (χ1) is 9.79. The van der Waals surface area contributed by atoms with E-state index in [0.29, 0.717) is 11.7 Å². The third-order valence-electron chi connectivity index (χ3n) is 4.66. The molecule has 0 radical (unpaired) electrons. The molecule has 2 fully saturated rings. The van der Waals surface area contributed by atoms with Crippen molar-refractivity contribution in [3.8, 4) is 0 Å². The van der Waals surface area contributed by atoms with Gasteiger partial charge in [-0.15, -0.1) is 0 Å². The maximum Gasteiger partial charge on any atom is 0.269 e. The summed E-state index contributed by atoms with van der Waals surface area (Å²) in [5.41, 5.74) is 1.60. The molecule has 2 aliphatic rings. The first-order valence-corrected chi connectivity index (χ1v) is 7.74. The van der Waals surface area contributed by atoms with E-state index in [1.807, 2.05) is 6.07 Å². The Bertz CT molecular complexity index is 482. The van der Waals surface area contributed by atoms with Crippen molar-refractivity contribution in [1.82, 2.24) is 15.2 Å². The van der Waals surface area contributed by atoms with Crippen LogP contribution in [0.5, 0.6) is 0 Å². The lowest BCUT2D eigenvalue weighted by Crippen LogP contribution is -2.33. The van der Waals surface area contributed by atoms with Gasteiger partial charge in [-0.2, -0.15) is 0 Å². The highest BCUT2D eigenvalue weighted by Gasteiger charge is 2.33. The largest absolute Gasteiger partial charge is 0.354 e. The summed E-state index contributed by atoms with van der Waals surface area (Å²) in [4.78, 5) is 19.0. The van der Waals surface area contributed by atoms with Gasteiger partial charge in [0.2, 0.25) is 0 Å². The number of hydrogen-bond donors (Lipinski definition) is 1. The molecule has 0 spiro atoms. The molecule has 1 N–H and O–H groups in total. The Morgan fingerprint density at radius 1 is 1.25 bits per heavy atom. The summed E-state index contributed by atoms with van der Waals surface area (Å²) < 4.78 is 0. The molecular formula is C16H23N3O. The maximum atomic E-state index is 11.7. The average molecular weight is 273 g/mol. The van der Waals surface area contributed by atoms with Crippen LogP contribution in [0.2, 0.25) is 0 Å². The van der Waals surface area contributed by atoms with Crippen LogP contribution in [0.15, 0.2) is 18.2 Å². The molecular weight excluding hydrogens is 250 g/mol. The first-order valence-electron chi connectivity index (χ1n) is 7.74. The zero-order valence-corrected chi connectivity index (χ0v) is 12.1. The van der Waals surface area contributed by atoms with Crippen molar-refractivity contribution >= 4 is 5.91 Å². The molecule has 1 unspecified atom stereocenters. The third-order valence-corrected chi connectivity index (χ3v) is 4.66. The molecule has 20 heavy (non-hydrogen) atoms. The Hall–Kier alpha value is -1.42. The normalized spacial score (nSPS) is 24.1. The number of aromatic nitrogens is 1. The molecule has 1 aromatic rings. The molecule has 3 rings (SSSR count). The van der Waals surface area contributed by atoms with Crippen LogP contribution in [0.3, 0.4) is 0 Å². The number of carbonyl (C=O) groups is 1. The second kappa shape index (κ2) is 5.92. The molecule has 1 aliphatic heterocycles. The van der Waals surface area contributed by atoms with Crippen molar-refractivity contribution in [2.75, 3.05) is 13.6 Å². The number of amides is 1. The highest BCUT2D eigenvalue weighted by molar-refractivity contribution is 5.91. The summed E-state index contributed by atoms with van der Waals surface area (Å²) in [6, 6.07) is 6.95. The first kappa shape index (κ1) is 13.6. The van der Waals surface area contributed by atoms with Gasteiger partial charge in [0.25, 0.3) is 5.91 Å². The van der Waals surface area contributed by atoms with Gasteiger partial charge in [0.15, 0.2) is 0 Å². The highest BCUT2D eigenvalue weighted by Crippen LogP contribution is 2.37. The zero-order chi connectivity index (χ0) is 13.9. The smallest absolute Gasteiger partial charge is 0.269 e. The molecule has 4 nitrogen and oxygen atoms in total. The monoisotopic (exact) mass is 273 g/mol. The van der Waals surface area contributed by atoms with Crippen molar-refractivity contribution in [2.45, 2.75) is 50.6 Å². The fourth-order valence-electron chi connectivity index (χ4n) is 3.67. The van der Waals surface area contributed by atoms with Crippen LogP contribution in [0, 0.1) is 0 Å². The summed E-state index contributed by atoms with van der Waals surface area (Å²) in [5, 5.41) is 2.65. The number of carbonyl (C=O) groups excluding carboxylic acids is 1. The van der Waals surface area contributed by atoms with Gasteiger partial charge in [0, 0.05) is 13.1 Å². The summed E-state index contributed by atoms with van der Waals surface area (Å²) in [5.74, 6) is -0.0998. The van der Waals surface area contributed by atoms with E-state index in [-0.39, 0.29) is 5.91 Å². The van der Waals surface area contributed by atoms with E-state index in [9.17, 15) is 4.79 Å². The summed E-state index contributed by atoms with van der Waals surface area (Å²) >= 11 is 0. The summed E-state index contributed by atoms with van der Waals surface area (Å²) in [6.07, 6.45) is 7.78. The van der Waals surface area contributed by atoms with E-state index in [2.05, 4.69) is 21.3 Å². The average Bonchev–Trinajstić information content (AvgIpc) is 3.16. The van der Waals surface area contributed by atoms with Crippen molar-refractivity contribution < 1.29 is 4.79 Å². The Labute approximate surface area is 120 Å². The van der Waals surface area contributed by atoms with Crippen LogP contribution in [0.1, 0.15) is 60.7 Å². The standard InChI is InChI=1S/C16H23N3O/c1-17-16(20)14-9-4-8-13(18-14)15-10-5-11-19(15)12-6-2-3-7-12/h4,8-9,12,15H,2-3,5-7,10-11H2,1H3,(H,17,20). The van der Waals surface area contributed by atoms with Gasteiger partial charge in [-0.05, 0) is 44.4 Å². The SMILES string of the molecule is CNC(=O)c1cccc(C2CCCN2C2CCCC2)n1. The van der Waals surface area contributed by atoms with E-state index in [4.69, 9.17) is 0 Å². The Morgan fingerprint density at radius 2 is 2.05 bits per heavy atom. The molecule has 108 valence electrons. The Balaban J connectivity index is 1.82. The number of nitrogens with one attached hydrogen (secondary N) is 1. The van der Waals surface area contributed by atoms with Crippen LogP contribution >= 0.6 is 0 Å². The highest BCUT2D eigenvalue weighted by atomic mass is 16.1. The number of nitrogens with zero attached hydrogens (tertiary/aromatic N) is 2. The van der Waals surface area contributed by atoms with Crippen molar-refractivity contribution in [3.63, 3.8) is 0 Å². The zero-order valence-electron chi connectivity index (χ0n) is 12.1. The number of pyridine rings is 1. The lowest BCUT2D eigenvalue weighted by Gasteiger charge is -2.30. The molecule has 1 amide bonds. The van der Waals surface area contributed by atoms with Crippen molar-refractivity contribution in [1.29, 1.82) is 0 Å². The third kappa shape index (κ3) is 2.57.